The molecule has 0 saturated carbocycles. The van der Waals surface area contributed by atoms with E-state index in [1.54, 1.807) is 0 Å². The number of hydrogen-bond acceptors (Lipinski definition) is 3. The van der Waals surface area contributed by atoms with Gasteiger partial charge < -0.3 is 10.6 Å². The molecule has 1 amide bonds. The molecular formula is C17H32Cl2N4O. The Kier molecular flexibility index (Phi) is 10.6. The predicted molar refractivity (Wildman–Crippen MR) is 103 cm³/mol. The number of rotatable bonds is 7. The van der Waals surface area contributed by atoms with Gasteiger partial charge in [0.05, 0.1) is 11.7 Å². The summed E-state index contributed by atoms with van der Waals surface area (Å²) in [6.45, 7) is 5.79. The molecule has 2 rings (SSSR count). The fraction of sp³-hybridized carbons (Fsp3) is 0.765. The zero-order valence-electron chi connectivity index (χ0n) is 15.1. The van der Waals surface area contributed by atoms with Gasteiger partial charge >= 0.3 is 0 Å². The molecule has 1 aromatic heterocycles. The molecule has 0 bridgehead atoms. The summed E-state index contributed by atoms with van der Waals surface area (Å²) in [5.41, 5.74) is 9.01. The summed E-state index contributed by atoms with van der Waals surface area (Å²) in [6.07, 6.45) is 7.10. The molecule has 0 spiro atoms. The van der Waals surface area contributed by atoms with Crippen LogP contribution in [0.4, 0.5) is 0 Å². The molecule has 2 heterocycles. The molecule has 24 heavy (non-hydrogen) atoms. The van der Waals surface area contributed by atoms with Crippen molar-refractivity contribution in [1.29, 1.82) is 0 Å². The number of aryl methyl sites for hydroxylation is 2. The van der Waals surface area contributed by atoms with E-state index >= 15 is 0 Å². The van der Waals surface area contributed by atoms with E-state index in [4.69, 9.17) is 5.73 Å². The molecule has 1 fully saturated rings. The van der Waals surface area contributed by atoms with Crippen LogP contribution in [0.5, 0.6) is 0 Å². The van der Waals surface area contributed by atoms with E-state index in [1.165, 1.54) is 11.3 Å². The van der Waals surface area contributed by atoms with Crippen molar-refractivity contribution in [3.63, 3.8) is 0 Å². The number of carbonyl (C=O) groups excluding carboxylic acids is 1. The summed E-state index contributed by atoms with van der Waals surface area (Å²) >= 11 is 0. The molecule has 1 atom stereocenters. The molecule has 1 unspecified atom stereocenters. The van der Waals surface area contributed by atoms with Gasteiger partial charge in [0.1, 0.15) is 0 Å². The van der Waals surface area contributed by atoms with Crippen molar-refractivity contribution in [1.82, 2.24) is 14.7 Å². The second-order valence-electron chi connectivity index (χ2n) is 6.41. The molecule has 1 aliphatic rings. The van der Waals surface area contributed by atoms with E-state index in [9.17, 15) is 4.79 Å². The Bertz CT molecular complexity index is 519. The van der Waals surface area contributed by atoms with E-state index < -0.39 is 0 Å². The van der Waals surface area contributed by atoms with Gasteiger partial charge in [0.15, 0.2) is 0 Å². The van der Waals surface area contributed by atoms with Gasteiger partial charge in [-0.25, -0.2) is 0 Å². The molecular weight excluding hydrogens is 347 g/mol. The van der Waals surface area contributed by atoms with Gasteiger partial charge in [0, 0.05) is 31.3 Å². The normalized spacial score (nSPS) is 16.7. The minimum Gasteiger partial charge on any atom is -0.336 e. The SMILES string of the molecule is Cc1nn(C)c(C)c1C1CCCN1C(=O)CCCCCCN.Cl.Cl. The summed E-state index contributed by atoms with van der Waals surface area (Å²) in [6, 6.07) is 0.227. The number of nitrogens with zero attached hydrogens (tertiary/aromatic N) is 3. The van der Waals surface area contributed by atoms with Crippen molar-refractivity contribution in [3.05, 3.63) is 17.0 Å². The van der Waals surface area contributed by atoms with Crippen LogP contribution in [0.25, 0.3) is 0 Å². The highest BCUT2D eigenvalue weighted by Gasteiger charge is 2.32. The predicted octanol–water partition coefficient (Wildman–Crippen LogP) is 3.45. The van der Waals surface area contributed by atoms with Crippen molar-refractivity contribution < 1.29 is 4.79 Å². The number of hydrogen-bond donors (Lipinski definition) is 1. The summed E-state index contributed by atoms with van der Waals surface area (Å²) in [5, 5.41) is 4.51. The summed E-state index contributed by atoms with van der Waals surface area (Å²) < 4.78 is 1.93. The van der Waals surface area contributed by atoms with Crippen LogP contribution in [0.2, 0.25) is 0 Å². The number of amides is 1. The fourth-order valence-electron chi connectivity index (χ4n) is 3.56. The first-order valence-electron chi connectivity index (χ1n) is 8.56. The Labute approximate surface area is 158 Å². The van der Waals surface area contributed by atoms with Gasteiger partial charge in [-0.15, -0.1) is 24.8 Å². The van der Waals surface area contributed by atoms with Gasteiger partial charge in [-0.2, -0.15) is 5.10 Å². The van der Waals surface area contributed by atoms with Crippen molar-refractivity contribution in [2.45, 2.75) is 64.8 Å². The zero-order valence-corrected chi connectivity index (χ0v) is 16.7. The Morgan fingerprint density at radius 1 is 1.21 bits per heavy atom. The lowest BCUT2D eigenvalue weighted by Crippen LogP contribution is -2.30. The zero-order chi connectivity index (χ0) is 16.1. The van der Waals surface area contributed by atoms with Crippen LogP contribution in [0.3, 0.4) is 0 Å². The third-order valence-corrected chi connectivity index (χ3v) is 4.82. The van der Waals surface area contributed by atoms with E-state index in [0.29, 0.717) is 12.3 Å². The van der Waals surface area contributed by atoms with Crippen molar-refractivity contribution >= 4 is 30.7 Å². The Morgan fingerprint density at radius 2 is 1.88 bits per heavy atom. The van der Waals surface area contributed by atoms with Gasteiger partial charge in [-0.05, 0) is 46.1 Å². The standard InChI is InChI=1S/C17H30N4O.2ClH/c1-13-17(14(2)20(3)19-13)15-9-8-12-21(15)16(22)10-6-4-5-7-11-18;;/h15H,4-12,18H2,1-3H3;2*1H. The second kappa shape index (κ2) is 11.0. The number of carbonyl (C=O) groups is 1. The number of halogens is 2. The summed E-state index contributed by atoms with van der Waals surface area (Å²) in [7, 11) is 1.98. The van der Waals surface area contributed by atoms with Gasteiger partial charge in [0.25, 0.3) is 0 Å². The summed E-state index contributed by atoms with van der Waals surface area (Å²) in [5.74, 6) is 0.304. The molecule has 7 heteroatoms. The van der Waals surface area contributed by atoms with Crippen molar-refractivity contribution in [2.75, 3.05) is 13.1 Å². The molecule has 1 aliphatic heterocycles. The quantitative estimate of drug-likeness (QED) is 0.738. The van der Waals surface area contributed by atoms with Gasteiger partial charge in [-0.1, -0.05) is 12.8 Å². The van der Waals surface area contributed by atoms with Crippen LogP contribution in [-0.4, -0.2) is 33.7 Å². The molecule has 140 valence electrons. The third-order valence-electron chi connectivity index (χ3n) is 4.82. The van der Waals surface area contributed by atoms with E-state index in [1.807, 2.05) is 11.7 Å². The highest BCUT2D eigenvalue weighted by molar-refractivity contribution is 5.85. The van der Waals surface area contributed by atoms with Crippen LogP contribution in [-0.2, 0) is 11.8 Å². The van der Waals surface area contributed by atoms with Crippen LogP contribution >= 0.6 is 24.8 Å². The molecule has 5 nitrogen and oxygen atoms in total. The largest absolute Gasteiger partial charge is 0.336 e. The van der Waals surface area contributed by atoms with Gasteiger partial charge in [0.2, 0.25) is 5.91 Å². The monoisotopic (exact) mass is 378 g/mol. The van der Waals surface area contributed by atoms with Crippen LogP contribution < -0.4 is 5.73 Å². The Balaban J connectivity index is 0.00000264. The number of unbranched alkanes of at least 4 members (excludes halogenated alkanes) is 3. The minimum absolute atomic E-state index is 0. The molecule has 2 N–H and O–H groups in total. The number of nitrogens with two attached hydrogens (primary N) is 1. The lowest BCUT2D eigenvalue weighted by atomic mass is 10.0. The Morgan fingerprint density at radius 3 is 2.46 bits per heavy atom. The van der Waals surface area contributed by atoms with E-state index in [2.05, 4.69) is 23.8 Å². The molecule has 0 radical (unpaired) electrons. The Hall–Kier alpha value is -0.780. The minimum atomic E-state index is 0. The highest BCUT2D eigenvalue weighted by atomic mass is 35.5. The number of likely N-dealkylation sites (tertiary alicyclic amines) is 1. The summed E-state index contributed by atoms with van der Waals surface area (Å²) in [4.78, 5) is 14.6. The molecule has 1 aromatic rings. The molecule has 0 aliphatic carbocycles. The van der Waals surface area contributed by atoms with Crippen LogP contribution in [0.1, 0.15) is 67.9 Å². The van der Waals surface area contributed by atoms with E-state index in [-0.39, 0.29) is 30.9 Å². The molecule has 0 aromatic carbocycles. The smallest absolute Gasteiger partial charge is 0.223 e. The third kappa shape index (κ3) is 5.36. The maximum absolute atomic E-state index is 12.6. The topological polar surface area (TPSA) is 64.2 Å². The lowest BCUT2D eigenvalue weighted by Gasteiger charge is -2.25. The second-order valence-corrected chi connectivity index (χ2v) is 6.41. The first-order valence-corrected chi connectivity index (χ1v) is 8.56. The lowest BCUT2D eigenvalue weighted by molar-refractivity contribution is -0.132. The maximum Gasteiger partial charge on any atom is 0.223 e. The highest BCUT2D eigenvalue weighted by Crippen LogP contribution is 2.35. The van der Waals surface area contributed by atoms with Crippen LogP contribution in [0, 0.1) is 13.8 Å². The molecule has 1 saturated heterocycles. The average molecular weight is 379 g/mol. The first-order chi connectivity index (χ1) is 10.6. The average Bonchev–Trinajstić information content (AvgIpc) is 3.04. The fourth-order valence-corrected chi connectivity index (χ4v) is 3.56. The van der Waals surface area contributed by atoms with Crippen molar-refractivity contribution in [3.8, 4) is 0 Å². The van der Waals surface area contributed by atoms with Crippen LogP contribution in [0.15, 0.2) is 0 Å². The van der Waals surface area contributed by atoms with E-state index in [0.717, 1.165) is 57.3 Å². The number of aromatic nitrogens is 2. The first kappa shape index (κ1) is 23.2. The van der Waals surface area contributed by atoms with Crippen molar-refractivity contribution in [2.24, 2.45) is 12.8 Å². The van der Waals surface area contributed by atoms with Gasteiger partial charge in [-0.3, -0.25) is 9.48 Å². The maximum atomic E-state index is 12.6.